The van der Waals surface area contributed by atoms with Gasteiger partial charge in [0.15, 0.2) is 0 Å². The van der Waals surface area contributed by atoms with Crippen LogP contribution in [0.5, 0.6) is 0 Å². The minimum absolute atomic E-state index is 0.729. The van der Waals surface area contributed by atoms with Crippen molar-refractivity contribution in [1.29, 1.82) is 0 Å². The third-order valence-corrected chi connectivity index (χ3v) is 4.42. The van der Waals surface area contributed by atoms with Gasteiger partial charge < -0.3 is 10.2 Å². The van der Waals surface area contributed by atoms with Gasteiger partial charge in [-0.2, -0.15) is 0 Å². The maximum Gasteiger partial charge on any atom is 0.0471 e. The molecule has 1 saturated carbocycles. The molecule has 2 nitrogen and oxygen atoms in total. The summed E-state index contributed by atoms with van der Waals surface area (Å²) >= 11 is 6.47. The molecule has 3 heteroatoms. The van der Waals surface area contributed by atoms with Gasteiger partial charge in [0.25, 0.3) is 0 Å². The van der Waals surface area contributed by atoms with Gasteiger partial charge in [-0.25, -0.2) is 0 Å². The van der Waals surface area contributed by atoms with E-state index in [4.69, 9.17) is 11.6 Å². The molecule has 0 atom stereocenters. The normalized spacial score (nSPS) is 14.7. The zero-order chi connectivity index (χ0) is 15.2. The smallest absolute Gasteiger partial charge is 0.0471 e. The summed E-state index contributed by atoms with van der Waals surface area (Å²) in [5, 5.41) is 4.40. The molecule has 1 aromatic carbocycles. The van der Waals surface area contributed by atoms with E-state index in [0.717, 1.165) is 43.0 Å². The van der Waals surface area contributed by atoms with Crippen LogP contribution >= 0.6 is 11.6 Å². The molecule has 0 saturated heterocycles. The first-order valence-corrected chi connectivity index (χ1v) is 8.76. The Morgan fingerprint density at radius 3 is 2.71 bits per heavy atom. The number of nitrogens with one attached hydrogen (secondary N) is 1. The van der Waals surface area contributed by atoms with Crippen molar-refractivity contribution in [2.75, 3.05) is 18.0 Å². The van der Waals surface area contributed by atoms with Gasteiger partial charge >= 0.3 is 0 Å². The predicted molar refractivity (Wildman–Crippen MR) is 93.3 cm³/mol. The molecule has 118 valence electrons. The van der Waals surface area contributed by atoms with Gasteiger partial charge in [0, 0.05) is 35.4 Å². The van der Waals surface area contributed by atoms with Crippen molar-refractivity contribution in [3.63, 3.8) is 0 Å². The third-order valence-electron chi connectivity index (χ3n) is 4.07. The zero-order valence-corrected chi connectivity index (χ0v) is 14.4. The largest absolute Gasteiger partial charge is 0.368 e. The van der Waals surface area contributed by atoms with E-state index in [1.165, 1.54) is 30.5 Å². The van der Waals surface area contributed by atoms with Gasteiger partial charge in [-0.3, -0.25) is 0 Å². The van der Waals surface area contributed by atoms with Crippen molar-refractivity contribution >= 4 is 17.3 Å². The average molecular weight is 309 g/mol. The number of hydrogen-bond donors (Lipinski definition) is 1. The van der Waals surface area contributed by atoms with Crippen LogP contribution in [0, 0.1) is 5.92 Å². The fourth-order valence-corrected chi connectivity index (χ4v) is 2.90. The maximum atomic E-state index is 6.47. The second-order valence-electron chi connectivity index (χ2n) is 6.52. The maximum absolute atomic E-state index is 6.47. The lowest BCUT2D eigenvalue weighted by atomic mass is 10.1. The Kier molecular flexibility index (Phi) is 6.38. The van der Waals surface area contributed by atoms with E-state index in [9.17, 15) is 0 Å². The summed E-state index contributed by atoms with van der Waals surface area (Å²) in [6.45, 7) is 9.84. The number of benzene rings is 1. The highest BCUT2D eigenvalue weighted by atomic mass is 35.5. The van der Waals surface area contributed by atoms with E-state index >= 15 is 0 Å². The lowest BCUT2D eigenvalue weighted by Gasteiger charge is -2.28. The Labute approximate surface area is 134 Å². The van der Waals surface area contributed by atoms with Crippen LogP contribution in [0.4, 0.5) is 5.69 Å². The lowest BCUT2D eigenvalue weighted by molar-refractivity contribution is 0.569. The number of anilines is 1. The van der Waals surface area contributed by atoms with Crippen LogP contribution in [0.2, 0.25) is 5.02 Å². The van der Waals surface area contributed by atoms with Gasteiger partial charge in [-0.1, -0.05) is 38.4 Å². The second-order valence-corrected chi connectivity index (χ2v) is 6.93. The van der Waals surface area contributed by atoms with Crippen molar-refractivity contribution in [2.45, 2.75) is 59.0 Å². The Bertz CT molecular complexity index is 441. The molecule has 1 aliphatic carbocycles. The molecule has 0 bridgehead atoms. The molecule has 1 aliphatic rings. The van der Waals surface area contributed by atoms with Crippen molar-refractivity contribution in [1.82, 2.24) is 5.32 Å². The summed E-state index contributed by atoms with van der Waals surface area (Å²) in [5.74, 6) is 0.743. The quantitative estimate of drug-likeness (QED) is 0.656. The van der Waals surface area contributed by atoms with Crippen LogP contribution in [-0.4, -0.2) is 19.1 Å². The summed E-state index contributed by atoms with van der Waals surface area (Å²) in [4.78, 5) is 2.59. The van der Waals surface area contributed by atoms with E-state index in [0.29, 0.717) is 0 Å². The standard InChI is InChI=1S/C18H29ClN2/c1-4-11-20-13-16-17(19)6-5-7-18(16)21(15-8-9-15)12-10-14(2)3/h5-7,14-15,20H,4,8-13H2,1-3H3. The Balaban J connectivity index is 2.16. The molecular weight excluding hydrogens is 280 g/mol. The molecule has 0 radical (unpaired) electrons. The molecular formula is C18H29ClN2. The van der Waals surface area contributed by atoms with E-state index in [2.05, 4.69) is 43.1 Å². The summed E-state index contributed by atoms with van der Waals surface area (Å²) in [7, 11) is 0. The SMILES string of the molecule is CCCNCc1c(Cl)cccc1N(CCC(C)C)C1CC1. The second kappa shape index (κ2) is 8.05. The van der Waals surface area contributed by atoms with Crippen LogP contribution in [0.25, 0.3) is 0 Å². The molecule has 0 amide bonds. The predicted octanol–water partition coefficient (Wildman–Crippen LogP) is 4.85. The molecule has 0 aliphatic heterocycles. The van der Waals surface area contributed by atoms with E-state index in [-0.39, 0.29) is 0 Å². The first-order chi connectivity index (χ1) is 10.1. The Hall–Kier alpha value is -0.730. The number of halogens is 1. The first kappa shape index (κ1) is 16.6. The highest BCUT2D eigenvalue weighted by Gasteiger charge is 2.30. The highest BCUT2D eigenvalue weighted by Crippen LogP contribution is 2.36. The minimum atomic E-state index is 0.729. The van der Waals surface area contributed by atoms with Gasteiger partial charge in [-0.15, -0.1) is 0 Å². The van der Waals surface area contributed by atoms with Crippen LogP contribution in [0.15, 0.2) is 18.2 Å². The van der Waals surface area contributed by atoms with E-state index in [1.807, 2.05) is 6.07 Å². The fourth-order valence-electron chi connectivity index (χ4n) is 2.66. The fraction of sp³-hybridized carbons (Fsp3) is 0.667. The summed E-state index contributed by atoms with van der Waals surface area (Å²) in [6.07, 6.45) is 5.04. The highest BCUT2D eigenvalue weighted by molar-refractivity contribution is 6.31. The number of nitrogens with zero attached hydrogens (tertiary/aromatic N) is 1. The number of rotatable bonds is 9. The van der Waals surface area contributed by atoms with Crippen LogP contribution in [0.3, 0.4) is 0 Å². The average Bonchev–Trinajstić information content (AvgIpc) is 3.26. The molecule has 1 aromatic rings. The van der Waals surface area contributed by atoms with Crippen molar-refractivity contribution in [3.8, 4) is 0 Å². The van der Waals surface area contributed by atoms with E-state index in [1.54, 1.807) is 0 Å². The van der Waals surface area contributed by atoms with Crippen molar-refractivity contribution < 1.29 is 0 Å². The molecule has 1 N–H and O–H groups in total. The van der Waals surface area contributed by atoms with E-state index < -0.39 is 0 Å². The molecule has 0 aromatic heterocycles. The molecule has 21 heavy (non-hydrogen) atoms. The molecule has 1 fully saturated rings. The van der Waals surface area contributed by atoms with Gasteiger partial charge in [0.2, 0.25) is 0 Å². The number of hydrogen-bond acceptors (Lipinski definition) is 2. The lowest BCUT2D eigenvalue weighted by Crippen LogP contribution is -2.29. The summed E-state index contributed by atoms with van der Waals surface area (Å²) < 4.78 is 0. The minimum Gasteiger partial charge on any atom is -0.368 e. The molecule has 0 unspecified atom stereocenters. The van der Waals surface area contributed by atoms with Gasteiger partial charge in [0.1, 0.15) is 0 Å². The first-order valence-electron chi connectivity index (χ1n) is 8.38. The van der Waals surface area contributed by atoms with Crippen LogP contribution in [-0.2, 0) is 6.54 Å². The van der Waals surface area contributed by atoms with Gasteiger partial charge in [-0.05, 0) is 50.3 Å². The van der Waals surface area contributed by atoms with Crippen molar-refractivity contribution in [3.05, 3.63) is 28.8 Å². The van der Waals surface area contributed by atoms with Gasteiger partial charge in [0.05, 0.1) is 0 Å². The Morgan fingerprint density at radius 1 is 1.33 bits per heavy atom. The summed E-state index contributed by atoms with van der Waals surface area (Å²) in [5.41, 5.74) is 2.61. The monoisotopic (exact) mass is 308 g/mol. The van der Waals surface area contributed by atoms with Crippen LogP contribution < -0.4 is 10.2 Å². The third kappa shape index (κ3) is 4.89. The Morgan fingerprint density at radius 2 is 2.10 bits per heavy atom. The van der Waals surface area contributed by atoms with Crippen LogP contribution in [0.1, 0.15) is 52.0 Å². The molecule has 0 spiro atoms. The summed E-state index contributed by atoms with van der Waals surface area (Å²) in [6, 6.07) is 7.08. The zero-order valence-electron chi connectivity index (χ0n) is 13.7. The molecule has 2 rings (SSSR count). The van der Waals surface area contributed by atoms with Crippen molar-refractivity contribution in [2.24, 2.45) is 5.92 Å². The molecule has 0 heterocycles. The topological polar surface area (TPSA) is 15.3 Å².